The second-order valence-corrected chi connectivity index (χ2v) is 6.08. The van der Waals surface area contributed by atoms with Gasteiger partial charge in [0.05, 0.1) is 12.6 Å². The predicted molar refractivity (Wildman–Crippen MR) is 87.7 cm³/mol. The van der Waals surface area contributed by atoms with Crippen molar-refractivity contribution < 1.29 is 19.0 Å². The van der Waals surface area contributed by atoms with Gasteiger partial charge in [-0.2, -0.15) is 0 Å². The van der Waals surface area contributed by atoms with Gasteiger partial charge in [-0.1, -0.05) is 0 Å². The Morgan fingerprint density at radius 1 is 1.38 bits per heavy atom. The number of aromatic nitrogens is 1. The van der Waals surface area contributed by atoms with Gasteiger partial charge in [0.25, 0.3) is 0 Å². The van der Waals surface area contributed by atoms with E-state index in [9.17, 15) is 4.79 Å². The van der Waals surface area contributed by atoms with Crippen molar-refractivity contribution in [3.63, 3.8) is 0 Å². The predicted octanol–water partition coefficient (Wildman–Crippen LogP) is 1.68. The van der Waals surface area contributed by atoms with Gasteiger partial charge in [0.1, 0.15) is 11.9 Å². The number of hydrogen-bond donors (Lipinski definition) is 1. The molecule has 7 nitrogen and oxygen atoms in total. The maximum absolute atomic E-state index is 11.9. The van der Waals surface area contributed by atoms with Crippen LogP contribution in [-0.2, 0) is 16.1 Å². The van der Waals surface area contributed by atoms with E-state index in [0.717, 1.165) is 35.9 Å². The van der Waals surface area contributed by atoms with Gasteiger partial charge in [-0.15, -0.1) is 0 Å². The minimum atomic E-state index is -0.207. The number of anilines is 1. The van der Waals surface area contributed by atoms with E-state index in [0.29, 0.717) is 23.9 Å². The number of benzene rings is 1. The molecule has 1 aromatic carbocycles. The number of fused-ring (bicyclic) bond motifs is 2. The first-order valence-corrected chi connectivity index (χ1v) is 7.96. The van der Waals surface area contributed by atoms with Crippen molar-refractivity contribution in [2.75, 3.05) is 26.2 Å². The zero-order valence-electron chi connectivity index (χ0n) is 13.4. The van der Waals surface area contributed by atoms with Crippen LogP contribution in [0.1, 0.15) is 18.4 Å². The first-order chi connectivity index (χ1) is 11.7. The highest BCUT2D eigenvalue weighted by Crippen LogP contribution is 2.36. The van der Waals surface area contributed by atoms with E-state index in [1.165, 1.54) is 7.11 Å². The SMILES string of the molecule is COC(=O)[C@@H]1CCCN1Cc1cc2cc3c(cc2nc1N)OCO3. The minimum Gasteiger partial charge on any atom is -0.468 e. The molecule has 0 aliphatic carbocycles. The zero-order valence-corrected chi connectivity index (χ0v) is 13.4. The monoisotopic (exact) mass is 329 g/mol. The van der Waals surface area contributed by atoms with Crippen molar-refractivity contribution in [2.45, 2.75) is 25.4 Å². The maximum atomic E-state index is 11.9. The molecule has 1 saturated heterocycles. The molecule has 0 bridgehead atoms. The van der Waals surface area contributed by atoms with Gasteiger partial charge in [0, 0.05) is 23.6 Å². The maximum Gasteiger partial charge on any atom is 0.323 e. The summed E-state index contributed by atoms with van der Waals surface area (Å²) in [5.41, 5.74) is 7.81. The molecule has 0 amide bonds. The summed E-state index contributed by atoms with van der Waals surface area (Å²) in [7, 11) is 1.42. The molecular formula is C17H19N3O4. The molecule has 126 valence electrons. The van der Waals surface area contributed by atoms with Gasteiger partial charge in [0.15, 0.2) is 11.5 Å². The Labute approximate surface area is 139 Å². The number of carbonyl (C=O) groups excluding carboxylic acids is 1. The molecule has 2 aliphatic heterocycles. The number of hydrogen-bond acceptors (Lipinski definition) is 7. The van der Waals surface area contributed by atoms with Crippen LogP contribution in [0.2, 0.25) is 0 Å². The van der Waals surface area contributed by atoms with Crippen LogP contribution in [0.25, 0.3) is 10.9 Å². The van der Waals surface area contributed by atoms with Gasteiger partial charge >= 0.3 is 5.97 Å². The van der Waals surface area contributed by atoms with Gasteiger partial charge < -0.3 is 19.9 Å². The summed E-state index contributed by atoms with van der Waals surface area (Å²) in [5, 5.41) is 0.942. The molecular weight excluding hydrogens is 310 g/mol. The van der Waals surface area contributed by atoms with Crippen LogP contribution in [-0.4, -0.2) is 42.3 Å². The van der Waals surface area contributed by atoms with E-state index in [1.807, 2.05) is 18.2 Å². The summed E-state index contributed by atoms with van der Waals surface area (Å²) in [6.45, 7) is 1.64. The van der Waals surface area contributed by atoms with Gasteiger partial charge in [-0.25, -0.2) is 4.98 Å². The molecule has 1 fully saturated rings. The number of nitrogen functional groups attached to an aromatic ring is 1. The smallest absolute Gasteiger partial charge is 0.323 e. The Bertz CT molecular complexity index is 808. The molecule has 2 aromatic rings. The van der Waals surface area contributed by atoms with Gasteiger partial charge in [0.2, 0.25) is 6.79 Å². The molecule has 1 aromatic heterocycles. The molecule has 0 radical (unpaired) electrons. The molecule has 3 heterocycles. The van der Waals surface area contributed by atoms with Crippen molar-refractivity contribution in [1.29, 1.82) is 0 Å². The highest BCUT2D eigenvalue weighted by Gasteiger charge is 2.31. The number of methoxy groups -OCH3 is 1. The third-order valence-electron chi connectivity index (χ3n) is 4.63. The topological polar surface area (TPSA) is 86.9 Å². The van der Waals surface area contributed by atoms with Crippen molar-refractivity contribution in [3.05, 3.63) is 23.8 Å². The zero-order chi connectivity index (χ0) is 16.7. The quantitative estimate of drug-likeness (QED) is 0.857. The fourth-order valence-corrected chi connectivity index (χ4v) is 3.39. The normalized spacial score (nSPS) is 19.8. The fraction of sp³-hybridized carbons (Fsp3) is 0.412. The second kappa shape index (κ2) is 5.83. The number of carbonyl (C=O) groups is 1. The van der Waals surface area contributed by atoms with E-state index in [-0.39, 0.29) is 18.8 Å². The third kappa shape index (κ3) is 2.50. The number of nitrogens with two attached hydrogens (primary N) is 1. The molecule has 7 heteroatoms. The van der Waals surface area contributed by atoms with E-state index >= 15 is 0 Å². The van der Waals surface area contributed by atoms with Gasteiger partial charge in [-0.05, 0) is 31.5 Å². The first kappa shape index (κ1) is 15.0. The van der Waals surface area contributed by atoms with Crippen LogP contribution in [0.15, 0.2) is 18.2 Å². The average Bonchev–Trinajstić information content (AvgIpc) is 3.21. The molecule has 24 heavy (non-hydrogen) atoms. The minimum absolute atomic E-state index is 0.191. The van der Waals surface area contributed by atoms with Crippen molar-refractivity contribution in [3.8, 4) is 11.5 Å². The summed E-state index contributed by atoms with van der Waals surface area (Å²) in [4.78, 5) is 18.5. The Balaban J connectivity index is 1.65. The fourth-order valence-electron chi connectivity index (χ4n) is 3.39. The highest BCUT2D eigenvalue weighted by atomic mass is 16.7. The molecule has 0 unspecified atom stereocenters. The van der Waals surface area contributed by atoms with E-state index in [2.05, 4.69) is 9.88 Å². The summed E-state index contributed by atoms with van der Waals surface area (Å²) >= 11 is 0. The molecule has 1 atom stereocenters. The number of pyridine rings is 1. The number of ether oxygens (including phenoxy) is 3. The van der Waals surface area contributed by atoms with Crippen LogP contribution in [0.3, 0.4) is 0 Å². The lowest BCUT2D eigenvalue weighted by molar-refractivity contribution is -0.146. The second-order valence-electron chi connectivity index (χ2n) is 6.08. The lowest BCUT2D eigenvalue weighted by Gasteiger charge is -2.23. The summed E-state index contributed by atoms with van der Waals surface area (Å²) in [6, 6.07) is 5.55. The molecule has 2 aliphatic rings. The van der Waals surface area contributed by atoms with Crippen molar-refractivity contribution in [1.82, 2.24) is 9.88 Å². The van der Waals surface area contributed by atoms with Crippen LogP contribution < -0.4 is 15.2 Å². The lowest BCUT2D eigenvalue weighted by atomic mass is 10.1. The summed E-state index contributed by atoms with van der Waals surface area (Å²) in [5.74, 6) is 1.68. The van der Waals surface area contributed by atoms with Crippen molar-refractivity contribution >= 4 is 22.7 Å². The Morgan fingerprint density at radius 3 is 2.96 bits per heavy atom. The van der Waals surface area contributed by atoms with E-state index < -0.39 is 0 Å². The lowest BCUT2D eigenvalue weighted by Crippen LogP contribution is -2.36. The molecule has 0 saturated carbocycles. The van der Waals surface area contributed by atoms with Crippen LogP contribution in [0, 0.1) is 0 Å². The van der Waals surface area contributed by atoms with Crippen LogP contribution >= 0.6 is 0 Å². The van der Waals surface area contributed by atoms with Gasteiger partial charge in [-0.3, -0.25) is 9.69 Å². The standard InChI is InChI=1S/C17H19N3O4/c1-22-17(21)13-3-2-4-20(13)8-11-5-10-6-14-15(24-9-23-14)7-12(10)19-16(11)18/h5-7,13H,2-4,8-9H2,1H3,(H2,18,19)/t13-/m0/s1. The van der Waals surface area contributed by atoms with Crippen molar-refractivity contribution in [2.24, 2.45) is 0 Å². The van der Waals surface area contributed by atoms with Crippen LogP contribution in [0.5, 0.6) is 11.5 Å². The Kier molecular flexibility index (Phi) is 3.65. The number of rotatable bonds is 3. The number of esters is 1. The summed E-state index contributed by atoms with van der Waals surface area (Å²) in [6.07, 6.45) is 1.78. The summed E-state index contributed by atoms with van der Waals surface area (Å²) < 4.78 is 15.7. The largest absolute Gasteiger partial charge is 0.468 e. The average molecular weight is 329 g/mol. The number of nitrogens with zero attached hydrogens (tertiary/aromatic N) is 2. The highest BCUT2D eigenvalue weighted by molar-refractivity contribution is 5.85. The molecule has 2 N–H and O–H groups in total. The first-order valence-electron chi connectivity index (χ1n) is 7.96. The molecule has 0 spiro atoms. The Hall–Kier alpha value is -2.54. The van der Waals surface area contributed by atoms with E-state index in [4.69, 9.17) is 19.9 Å². The number of likely N-dealkylation sites (tertiary alicyclic amines) is 1. The molecule has 4 rings (SSSR count). The Morgan fingerprint density at radius 2 is 2.17 bits per heavy atom. The van der Waals surface area contributed by atoms with Crippen LogP contribution in [0.4, 0.5) is 5.82 Å². The van der Waals surface area contributed by atoms with E-state index in [1.54, 1.807) is 0 Å². The third-order valence-corrected chi connectivity index (χ3v) is 4.63.